The van der Waals surface area contributed by atoms with E-state index < -0.39 is 18.0 Å². The summed E-state index contributed by atoms with van der Waals surface area (Å²) in [6.07, 6.45) is -0.0554. The fourth-order valence-corrected chi connectivity index (χ4v) is 3.27. The first-order valence-electron chi connectivity index (χ1n) is 5.85. The van der Waals surface area contributed by atoms with E-state index in [1.807, 2.05) is 6.92 Å². The molecule has 1 aromatic rings. The van der Waals surface area contributed by atoms with E-state index in [1.165, 1.54) is 23.1 Å². The highest BCUT2D eigenvalue weighted by Crippen LogP contribution is 2.20. The van der Waals surface area contributed by atoms with Crippen molar-refractivity contribution >= 4 is 40.9 Å². The molecule has 0 aromatic carbocycles. The third kappa shape index (κ3) is 4.17. The highest BCUT2D eigenvalue weighted by atomic mass is 32.2. The highest BCUT2D eigenvalue weighted by Gasteiger charge is 2.30. The first-order valence-corrected chi connectivity index (χ1v) is 7.66. The molecule has 1 aliphatic heterocycles. The first-order chi connectivity index (χ1) is 9.54. The van der Waals surface area contributed by atoms with Crippen LogP contribution in [0.4, 0.5) is 4.79 Å². The maximum Gasteiger partial charge on any atom is 0.322 e. The van der Waals surface area contributed by atoms with Crippen LogP contribution in [0.3, 0.4) is 0 Å². The lowest BCUT2D eigenvalue weighted by Crippen LogP contribution is -2.36. The van der Waals surface area contributed by atoms with Crippen molar-refractivity contribution < 1.29 is 14.4 Å². The predicted molar refractivity (Wildman–Crippen MR) is 73.5 cm³/mol. The number of hydrogen-bond acceptors (Lipinski definition) is 7. The minimum Gasteiger partial charge on any atom is -0.355 e. The van der Waals surface area contributed by atoms with Gasteiger partial charge in [0.15, 0.2) is 4.34 Å². The molecular weight excluding hydrogens is 302 g/mol. The summed E-state index contributed by atoms with van der Waals surface area (Å²) in [7, 11) is 0. The Kier molecular flexibility index (Phi) is 4.90. The van der Waals surface area contributed by atoms with Crippen LogP contribution in [0.15, 0.2) is 4.34 Å². The number of carbonyl (C=O) groups excluding carboxylic acids is 3. The van der Waals surface area contributed by atoms with Crippen molar-refractivity contribution in [3.8, 4) is 0 Å². The van der Waals surface area contributed by atoms with Crippen LogP contribution < -0.4 is 16.0 Å². The van der Waals surface area contributed by atoms with Gasteiger partial charge in [-0.25, -0.2) is 4.79 Å². The minimum atomic E-state index is -0.777. The number of rotatable bonds is 6. The Hall–Kier alpha value is -1.68. The van der Waals surface area contributed by atoms with Gasteiger partial charge >= 0.3 is 6.03 Å². The van der Waals surface area contributed by atoms with Crippen molar-refractivity contribution in [1.82, 2.24) is 26.1 Å². The Morgan fingerprint density at radius 1 is 1.45 bits per heavy atom. The molecule has 2 rings (SSSR count). The van der Waals surface area contributed by atoms with Crippen LogP contribution in [0.2, 0.25) is 0 Å². The first kappa shape index (κ1) is 14.7. The van der Waals surface area contributed by atoms with Crippen molar-refractivity contribution in [3.05, 3.63) is 5.01 Å². The Bertz CT molecular complexity index is 533. The predicted octanol–water partition coefficient (Wildman–Crippen LogP) is -0.347. The molecule has 3 N–H and O–H groups in total. The SMILES string of the molecule is Cc1nnc(SCCNC(=O)C[C@H]2NC(=O)NC2=O)s1. The summed E-state index contributed by atoms with van der Waals surface area (Å²) in [4.78, 5) is 33.7. The zero-order chi connectivity index (χ0) is 14.5. The second-order valence-corrected chi connectivity index (χ2v) is 6.53. The number of nitrogens with zero attached hydrogens (tertiary/aromatic N) is 2. The van der Waals surface area contributed by atoms with Crippen LogP contribution in [-0.2, 0) is 9.59 Å². The normalized spacial score (nSPS) is 17.8. The molecule has 8 nitrogen and oxygen atoms in total. The minimum absolute atomic E-state index is 0.0554. The van der Waals surface area contributed by atoms with Crippen molar-refractivity contribution in [2.45, 2.75) is 23.7 Å². The Morgan fingerprint density at radius 3 is 2.85 bits per heavy atom. The Balaban J connectivity index is 1.63. The molecule has 0 aliphatic carbocycles. The van der Waals surface area contributed by atoms with E-state index in [0.717, 1.165) is 9.35 Å². The molecule has 1 saturated heterocycles. The van der Waals surface area contributed by atoms with Gasteiger partial charge in [-0.2, -0.15) is 0 Å². The standard InChI is InChI=1S/C10H13N5O3S2/c1-5-14-15-10(20-5)19-3-2-11-7(16)4-6-8(17)13-9(18)12-6/h6H,2-4H2,1H3,(H,11,16)(H2,12,13,17,18)/t6-/m1/s1. The molecule has 0 saturated carbocycles. The molecule has 108 valence electrons. The van der Waals surface area contributed by atoms with Crippen molar-refractivity contribution in [1.29, 1.82) is 0 Å². The maximum atomic E-state index is 11.6. The summed E-state index contributed by atoms with van der Waals surface area (Å²) >= 11 is 3.01. The maximum absolute atomic E-state index is 11.6. The lowest BCUT2D eigenvalue weighted by atomic mass is 10.2. The molecule has 1 aromatic heterocycles. The highest BCUT2D eigenvalue weighted by molar-refractivity contribution is 8.01. The Morgan fingerprint density at radius 2 is 2.25 bits per heavy atom. The molecule has 0 spiro atoms. The van der Waals surface area contributed by atoms with E-state index in [9.17, 15) is 14.4 Å². The molecule has 2 heterocycles. The molecule has 0 bridgehead atoms. The quantitative estimate of drug-likeness (QED) is 0.376. The van der Waals surface area contributed by atoms with Crippen molar-refractivity contribution in [2.75, 3.05) is 12.3 Å². The molecule has 4 amide bonds. The zero-order valence-electron chi connectivity index (χ0n) is 10.6. The van der Waals surface area contributed by atoms with Gasteiger partial charge in [0.25, 0.3) is 5.91 Å². The smallest absolute Gasteiger partial charge is 0.322 e. The molecule has 20 heavy (non-hydrogen) atoms. The van der Waals surface area contributed by atoms with Gasteiger partial charge in [0.2, 0.25) is 5.91 Å². The van der Waals surface area contributed by atoms with E-state index in [4.69, 9.17) is 0 Å². The fourth-order valence-electron chi connectivity index (χ4n) is 1.53. The van der Waals surface area contributed by atoms with E-state index in [1.54, 1.807) is 0 Å². The second kappa shape index (κ2) is 6.66. The number of hydrogen-bond donors (Lipinski definition) is 3. The van der Waals surface area contributed by atoms with E-state index in [2.05, 4.69) is 26.1 Å². The molecule has 10 heteroatoms. The lowest BCUT2D eigenvalue weighted by molar-refractivity contribution is -0.126. The monoisotopic (exact) mass is 315 g/mol. The van der Waals surface area contributed by atoms with Crippen LogP contribution in [-0.4, -0.2) is 46.4 Å². The van der Waals surface area contributed by atoms with Gasteiger partial charge in [-0.3, -0.25) is 14.9 Å². The fraction of sp³-hybridized carbons (Fsp3) is 0.500. The number of imide groups is 1. The van der Waals surface area contributed by atoms with Crippen LogP contribution in [0, 0.1) is 6.92 Å². The summed E-state index contributed by atoms with van der Waals surface area (Å²) in [6.45, 7) is 2.34. The van der Waals surface area contributed by atoms with Crippen molar-refractivity contribution in [2.24, 2.45) is 0 Å². The number of aryl methyl sites for hydroxylation is 1. The average Bonchev–Trinajstić information content (AvgIpc) is 2.92. The van der Waals surface area contributed by atoms with Gasteiger partial charge in [-0.1, -0.05) is 23.1 Å². The summed E-state index contributed by atoms with van der Waals surface area (Å²) < 4.78 is 0.860. The van der Waals surface area contributed by atoms with Gasteiger partial charge in [0.1, 0.15) is 11.0 Å². The summed E-state index contributed by atoms with van der Waals surface area (Å²) in [6, 6.07) is -1.34. The number of nitrogens with one attached hydrogen (secondary N) is 3. The number of amides is 4. The summed E-state index contributed by atoms with van der Waals surface area (Å²) in [5.74, 6) is -0.0749. The van der Waals surface area contributed by atoms with Gasteiger partial charge in [0.05, 0.1) is 6.42 Å². The van der Waals surface area contributed by atoms with Crippen molar-refractivity contribution in [3.63, 3.8) is 0 Å². The van der Waals surface area contributed by atoms with Crippen LogP contribution in [0.5, 0.6) is 0 Å². The third-order valence-corrected chi connectivity index (χ3v) is 4.38. The number of aromatic nitrogens is 2. The van der Waals surface area contributed by atoms with Gasteiger partial charge in [-0.05, 0) is 6.92 Å². The molecule has 1 aliphatic rings. The largest absolute Gasteiger partial charge is 0.355 e. The van der Waals surface area contributed by atoms with E-state index in [0.29, 0.717) is 12.3 Å². The molecule has 0 radical (unpaired) electrons. The third-order valence-electron chi connectivity index (χ3n) is 2.41. The second-order valence-electron chi connectivity index (χ2n) is 4.00. The van der Waals surface area contributed by atoms with E-state index in [-0.39, 0.29) is 12.3 Å². The van der Waals surface area contributed by atoms with E-state index >= 15 is 0 Å². The van der Waals surface area contributed by atoms with Crippen LogP contribution in [0.25, 0.3) is 0 Å². The molecule has 0 unspecified atom stereocenters. The zero-order valence-corrected chi connectivity index (χ0v) is 12.3. The number of urea groups is 1. The van der Waals surface area contributed by atoms with Gasteiger partial charge in [-0.15, -0.1) is 10.2 Å². The molecular formula is C10H13N5O3S2. The summed E-state index contributed by atoms with van der Waals surface area (Å²) in [5.41, 5.74) is 0. The summed E-state index contributed by atoms with van der Waals surface area (Å²) in [5, 5.41) is 15.9. The topological polar surface area (TPSA) is 113 Å². The number of carbonyl (C=O) groups is 3. The Labute approximate surface area is 123 Å². The van der Waals surface area contributed by atoms with Crippen LogP contribution >= 0.6 is 23.1 Å². The average molecular weight is 315 g/mol. The number of thioether (sulfide) groups is 1. The lowest BCUT2D eigenvalue weighted by Gasteiger charge is -2.07. The molecule has 1 fully saturated rings. The van der Waals surface area contributed by atoms with Gasteiger partial charge < -0.3 is 10.6 Å². The molecule has 1 atom stereocenters. The van der Waals surface area contributed by atoms with Crippen LogP contribution in [0.1, 0.15) is 11.4 Å². The van der Waals surface area contributed by atoms with Gasteiger partial charge in [0, 0.05) is 12.3 Å².